The predicted molar refractivity (Wildman–Crippen MR) is 50.2 cm³/mol. The molecular weight excluding hydrogens is 150 g/mol. The van der Waals surface area contributed by atoms with Crippen LogP contribution in [0.4, 0.5) is 0 Å². The summed E-state index contributed by atoms with van der Waals surface area (Å²) in [5.41, 5.74) is 1.64. The van der Waals surface area contributed by atoms with Crippen LogP contribution in [-0.4, -0.2) is 12.0 Å². The van der Waals surface area contributed by atoms with Gasteiger partial charge >= 0.3 is 0 Å². The second-order valence-electron chi connectivity index (χ2n) is 2.80. The quantitative estimate of drug-likeness (QED) is 0.584. The molecule has 12 heavy (non-hydrogen) atoms. The SMILES string of the molecule is C=C(CC1=CCC=N1)C(=O)CC. The molecule has 64 valence electrons. The topological polar surface area (TPSA) is 29.4 Å². The van der Waals surface area contributed by atoms with Gasteiger partial charge < -0.3 is 0 Å². The summed E-state index contributed by atoms with van der Waals surface area (Å²) in [5, 5.41) is 0. The van der Waals surface area contributed by atoms with Gasteiger partial charge in [0, 0.05) is 31.2 Å². The molecule has 0 aliphatic carbocycles. The van der Waals surface area contributed by atoms with Crippen LogP contribution in [0.1, 0.15) is 26.2 Å². The largest absolute Gasteiger partial charge is 0.295 e. The van der Waals surface area contributed by atoms with E-state index in [1.165, 1.54) is 0 Å². The third-order valence-corrected chi connectivity index (χ3v) is 1.83. The molecule has 0 aromatic carbocycles. The van der Waals surface area contributed by atoms with E-state index in [1.54, 1.807) is 0 Å². The van der Waals surface area contributed by atoms with Crippen molar-refractivity contribution in [3.05, 3.63) is 23.9 Å². The molecule has 0 amide bonds. The van der Waals surface area contributed by atoms with E-state index < -0.39 is 0 Å². The number of Topliss-reactive ketones (excluding diaryl/α,β-unsaturated/α-hetero) is 1. The molecule has 0 N–H and O–H groups in total. The lowest BCUT2D eigenvalue weighted by Crippen LogP contribution is -1.99. The van der Waals surface area contributed by atoms with E-state index in [2.05, 4.69) is 11.6 Å². The van der Waals surface area contributed by atoms with Gasteiger partial charge in [0.25, 0.3) is 0 Å². The van der Waals surface area contributed by atoms with Crippen molar-refractivity contribution < 1.29 is 4.79 Å². The summed E-state index contributed by atoms with van der Waals surface area (Å²) >= 11 is 0. The minimum atomic E-state index is 0.137. The van der Waals surface area contributed by atoms with Crippen LogP contribution in [0.3, 0.4) is 0 Å². The highest BCUT2D eigenvalue weighted by Gasteiger charge is 2.07. The van der Waals surface area contributed by atoms with Crippen molar-refractivity contribution in [1.82, 2.24) is 0 Å². The lowest BCUT2D eigenvalue weighted by Gasteiger charge is -2.00. The molecule has 0 unspecified atom stereocenters. The first kappa shape index (κ1) is 8.91. The molecule has 0 saturated heterocycles. The first-order valence-corrected chi connectivity index (χ1v) is 4.16. The molecule has 0 saturated carbocycles. The molecule has 1 aliphatic heterocycles. The summed E-state index contributed by atoms with van der Waals surface area (Å²) in [6.07, 6.45) is 5.91. The van der Waals surface area contributed by atoms with Crippen LogP contribution in [0.2, 0.25) is 0 Å². The Morgan fingerprint density at radius 3 is 3.00 bits per heavy atom. The summed E-state index contributed by atoms with van der Waals surface area (Å²) < 4.78 is 0. The zero-order chi connectivity index (χ0) is 8.97. The summed E-state index contributed by atoms with van der Waals surface area (Å²) in [6.45, 7) is 5.57. The van der Waals surface area contributed by atoms with Gasteiger partial charge in [-0.15, -0.1) is 0 Å². The minimum absolute atomic E-state index is 0.137. The highest BCUT2D eigenvalue weighted by Crippen LogP contribution is 2.16. The second-order valence-corrected chi connectivity index (χ2v) is 2.80. The fraction of sp³-hybridized carbons (Fsp3) is 0.400. The number of hydrogen-bond donors (Lipinski definition) is 0. The smallest absolute Gasteiger partial charge is 0.158 e. The monoisotopic (exact) mass is 163 g/mol. The summed E-state index contributed by atoms with van der Waals surface area (Å²) in [5.74, 6) is 0.137. The zero-order valence-corrected chi connectivity index (χ0v) is 7.34. The van der Waals surface area contributed by atoms with E-state index >= 15 is 0 Å². The molecule has 1 aliphatic rings. The fourth-order valence-corrected chi connectivity index (χ4v) is 1.10. The Bertz CT molecular complexity index is 261. The summed E-state index contributed by atoms with van der Waals surface area (Å²) in [6, 6.07) is 0. The first-order chi connectivity index (χ1) is 5.74. The van der Waals surface area contributed by atoms with Crippen molar-refractivity contribution in [2.24, 2.45) is 4.99 Å². The molecule has 0 fully saturated rings. The van der Waals surface area contributed by atoms with Gasteiger partial charge in [0.2, 0.25) is 0 Å². The van der Waals surface area contributed by atoms with Gasteiger partial charge in [-0.3, -0.25) is 9.79 Å². The van der Waals surface area contributed by atoms with Crippen LogP contribution in [0.5, 0.6) is 0 Å². The molecule has 0 bridgehead atoms. The van der Waals surface area contributed by atoms with E-state index in [-0.39, 0.29) is 5.78 Å². The third-order valence-electron chi connectivity index (χ3n) is 1.83. The standard InChI is InChI=1S/C10H13NO/c1-3-10(12)8(2)7-9-5-4-6-11-9/h5-6H,2-4,7H2,1H3. The van der Waals surface area contributed by atoms with Crippen molar-refractivity contribution in [3.8, 4) is 0 Å². The molecular formula is C10H13NO. The Labute approximate surface area is 72.7 Å². The molecule has 1 heterocycles. The Hall–Kier alpha value is -1.18. The normalized spacial score (nSPS) is 14.6. The maximum atomic E-state index is 11.1. The highest BCUT2D eigenvalue weighted by atomic mass is 16.1. The number of nitrogens with zero attached hydrogens (tertiary/aromatic N) is 1. The predicted octanol–water partition coefficient (Wildman–Crippen LogP) is 2.27. The lowest BCUT2D eigenvalue weighted by molar-refractivity contribution is -0.115. The van der Waals surface area contributed by atoms with Crippen LogP contribution in [0, 0.1) is 0 Å². The zero-order valence-electron chi connectivity index (χ0n) is 7.34. The molecule has 1 rings (SSSR count). The number of allylic oxidation sites excluding steroid dienone is 2. The second kappa shape index (κ2) is 4.00. The van der Waals surface area contributed by atoms with Gasteiger partial charge in [0.1, 0.15) is 0 Å². The van der Waals surface area contributed by atoms with E-state index in [1.807, 2.05) is 19.2 Å². The average Bonchev–Trinajstić information content (AvgIpc) is 2.55. The Kier molecular flexibility index (Phi) is 2.97. The van der Waals surface area contributed by atoms with Crippen LogP contribution in [-0.2, 0) is 4.79 Å². The van der Waals surface area contributed by atoms with E-state index in [4.69, 9.17) is 0 Å². The molecule has 0 aromatic rings. The molecule has 0 aromatic heterocycles. The van der Waals surface area contributed by atoms with E-state index in [0.29, 0.717) is 18.4 Å². The fourth-order valence-electron chi connectivity index (χ4n) is 1.10. The van der Waals surface area contributed by atoms with E-state index in [9.17, 15) is 4.79 Å². The van der Waals surface area contributed by atoms with Gasteiger partial charge in [-0.2, -0.15) is 0 Å². The average molecular weight is 163 g/mol. The lowest BCUT2D eigenvalue weighted by atomic mass is 10.1. The number of aliphatic imine (C=N–C) groups is 1. The van der Waals surface area contributed by atoms with Crippen LogP contribution in [0.25, 0.3) is 0 Å². The van der Waals surface area contributed by atoms with Crippen molar-refractivity contribution in [1.29, 1.82) is 0 Å². The number of carbonyl (C=O) groups excluding carboxylic acids is 1. The summed E-state index contributed by atoms with van der Waals surface area (Å²) in [7, 11) is 0. The number of carbonyl (C=O) groups is 1. The maximum Gasteiger partial charge on any atom is 0.158 e. The highest BCUT2D eigenvalue weighted by molar-refractivity contribution is 5.94. The Morgan fingerprint density at radius 2 is 2.50 bits per heavy atom. The number of hydrogen-bond acceptors (Lipinski definition) is 2. The third kappa shape index (κ3) is 2.16. The van der Waals surface area contributed by atoms with Gasteiger partial charge in [-0.25, -0.2) is 0 Å². The van der Waals surface area contributed by atoms with Crippen LogP contribution >= 0.6 is 0 Å². The molecule has 0 radical (unpaired) electrons. The van der Waals surface area contributed by atoms with Crippen molar-refractivity contribution in [2.75, 3.05) is 0 Å². The van der Waals surface area contributed by atoms with Gasteiger partial charge in [-0.1, -0.05) is 19.6 Å². The molecule has 0 atom stereocenters. The Balaban J connectivity index is 2.46. The van der Waals surface area contributed by atoms with Gasteiger partial charge in [0.05, 0.1) is 0 Å². The number of ketones is 1. The number of rotatable bonds is 4. The molecule has 2 nitrogen and oxygen atoms in total. The first-order valence-electron chi connectivity index (χ1n) is 4.16. The minimum Gasteiger partial charge on any atom is -0.295 e. The summed E-state index contributed by atoms with van der Waals surface area (Å²) in [4.78, 5) is 15.2. The van der Waals surface area contributed by atoms with Crippen molar-refractivity contribution in [2.45, 2.75) is 26.2 Å². The van der Waals surface area contributed by atoms with Crippen molar-refractivity contribution in [3.63, 3.8) is 0 Å². The Morgan fingerprint density at radius 1 is 1.75 bits per heavy atom. The maximum absolute atomic E-state index is 11.1. The van der Waals surface area contributed by atoms with Crippen LogP contribution < -0.4 is 0 Å². The molecule has 0 spiro atoms. The van der Waals surface area contributed by atoms with Gasteiger partial charge in [0.15, 0.2) is 5.78 Å². The van der Waals surface area contributed by atoms with Gasteiger partial charge in [-0.05, 0) is 5.57 Å². The molecule has 2 heteroatoms. The van der Waals surface area contributed by atoms with Crippen molar-refractivity contribution >= 4 is 12.0 Å². The van der Waals surface area contributed by atoms with Crippen LogP contribution in [0.15, 0.2) is 28.9 Å². The van der Waals surface area contributed by atoms with E-state index in [0.717, 1.165) is 12.1 Å².